The summed E-state index contributed by atoms with van der Waals surface area (Å²) in [5.41, 5.74) is -0.726. The van der Waals surface area contributed by atoms with Crippen LogP contribution in [0, 0.1) is 0 Å². The number of nitrogens with one attached hydrogen (secondary N) is 1. The maximum atomic E-state index is 12.0. The van der Waals surface area contributed by atoms with E-state index < -0.39 is 5.60 Å². The van der Waals surface area contributed by atoms with E-state index in [1.807, 2.05) is 6.92 Å². The summed E-state index contributed by atoms with van der Waals surface area (Å²) in [7, 11) is 1.56. The Morgan fingerprint density at radius 1 is 1.44 bits per heavy atom. The first kappa shape index (κ1) is 13.5. The third-order valence-corrected chi connectivity index (χ3v) is 3.64. The molecule has 0 radical (unpaired) electrons. The van der Waals surface area contributed by atoms with Gasteiger partial charge in [0.2, 0.25) is 0 Å². The highest BCUT2D eigenvalue weighted by atomic mass is 16.5. The number of methoxy groups -OCH3 is 1. The van der Waals surface area contributed by atoms with Crippen LogP contribution in [0.3, 0.4) is 0 Å². The molecule has 0 aromatic carbocycles. The summed E-state index contributed by atoms with van der Waals surface area (Å²) in [5, 5.41) is 12.4. The SMILES string of the molecule is CCC(C)(OC)C(=O)NC1CCC(O)CC1. The van der Waals surface area contributed by atoms with E-state index in [0.717, 1.165) is 25.7 Å². The highest BCUT2D eigenvalue weighted by Crippen LogP contribution is 2.20. The molecular weight excluding hydrogens is 206 g/mol. The maximum absolute atomic E-state index is 12.0. The largest absolute Gasteiger partial charge is 0.393 e. The molecule has 94 valence electrons. The van der Waals surface area contributed by atoms with E-state index in [1.165, 1.54) is 0 Å². The van der Waals surface area contributed by atoms with Gasteiger partial charge in [-0.25, -0.2) is 0 Å². The Morgan fingerprint density at radius 3 is 2.44 bits per heavy atom. The topological polar surface area (TPSA) is 58.6 Å². The van der Waals surface area contributed by atoms with Crippen LogP contribution in [-0.4, -0.2) is 35.9 Å². The van der Waals surface area contributed by atoms with Gasteiger partial charge in [-0.2, -0.15) is 0 Å². The van der Waals surface area contributed by atoms with Gasteiger partial charge in [0.15, 0.2) is 0 Å². The number of aliphatic hydroxyl groups is 1. The molecule has 1 amide bonds. The Kier molecular flexibility index (Phi) is 4.74. The van der Waals surface area contributed by atoms with Crippen molar-refractivity contribution in [2.75, 3.05) is 7.11 Å². The lowest BCUT2D eigenvalue weighted by molar-refractivity contribution is -0.143. The Hall–Kier alpha value is -0.610. The zero-order chi connectivity index (χ0) is 12.2. The van der Waals surface area contributed by atoms with Gasteiger partial charge in [-0.1, -0.05) is 6.92 Å². The second-order valence-electron chi connectivity index (χ2n) is 4.77. The molecule has 0 heterocycles. The summed E-state index contributed by atoms with van der Waals surface area (Å²) in [6.45, 7) is 3.74. The van der Waals surface area contributed by atoms with Crippen molar-refractivity contribution in [2.45, 2.75) is 63.7 Å². The van der Waals surface area contributed by atoms with Gasteiger partial charge in [0.25, 0.3) is 5.91 Å². The van der Waals surface area contributed by atoms with E-state index >= 15 is 0 Å². The van der Waals surface area contributed by atoms with E-state index in [9.17, 15) is 9.90 Å². The van der Waals surface area contributed by atoms with Crippen LogP contribution in [0.1, 0.15) is 46.0 Å². The van der Waals surface area contributed by atoms with Crippen molar-refractivity contribution in [3.8, 4) is 0 Å². The Morgan fingerprint density at radius 2 is 2.00 bits per heavy atom. The van der Waals surface area contributed by atoms with Crippen molar-refractivity contribution in [3.63, 3.8) is 0 Å². The van der Waals surface area contributed by atoms with E-state index in [-0.39, 0.29) is 18.1 Å². The molecule has 1 aliphatic carbocycles. The summed E-state index contributed by atoms with van der Waals surface area (Å²) in [6.07, 6.45) is 3.74. The lowest BCUT2D eigenvalue weighted by Crippen LogP contribution is -2.50. The lowest BCUT2D eigenvalue weighted by atomic mass is 9.92. The average Bonchev–Trinajstić information content (AvgIpc) is 2.31. The minimum absolute atomic E-state index is 0.0427. The number of hydrogen-bond donors (Lipinski definition) is 2. The molecule has 1 saturated carbocycles. The molecule has 1 rings (SSSR count). The van der Waals surface area contributed by atoms with E-state index in [1.54, 1.807) is 14.0 Å². The number of aliphatic hydroxyl groups excluding tert-OH is 1. The summed E-state index contributed by atoms with van der Waals surface area (Å²) in [5.74, 6) is -0.0427. The average molecular weight is 229 g/mol. The summed E-state index contributed by atoms with van der Waals surface area (Å²) in [6, 6.07) is 0.192. The van der Waals surface area contributed by atoms with Crippen LogP contribution in [0.2, 0.25) is 0 Å². The van der Waals surface area contributed by atoms with Crippen molar-refractivity contribution in [2.24, 2.45) is 0 Å². The first-order valence-electron chi connectivity index (χ1n) is 6.06. The first-order valence-corrected chi connectivity index (χ1v) is 6.06. The summed E-state index contributed by atoms with van der Waals surface area (Å²) in [4.78, 5) is 12.0. The van der Waals surface area contributed by atoms with E-state index in [4.69, 9.17) is 4.74 Å². The molecule has 0 aromatic rings. The zero-order valence-electron chi connectivity index (χ0n) is 10.5. The summed E-state index contributed by atoms with van der Waals surface area (Å²) >= 11 is 0. The molecule has 2 N–H and O–H groups in total. The van der Waals surface area contributed by atoms with Crippen molar-refractivity contribution < 1.29 is 14.6 Å². The molecule has 16 heavy (non-hydrogen) atoms. The van der Waals surface area contributed by atoms with E-state index in [0.29, 0.717) is 6.42 Å². The van der Waals surface area contributed by atoms with Crippen LogP contribution in [0.25, 0.3) is 0 Å². The van der Waals surface area contributed by atoms with Gasteiger partial charge in [0.1, 0.15) is 5.60 Å². The second-order valence-corrected chi connectivity index (χ2v) is 4.77. The highest BCUT2D eigenvalue weighted by molar-refractivity contribution is 5.84. The molecule has 1 aliphatic rings. The molecule has 4 nitrogen and oxygen atoms in total. The smallest absolute Gasteiger partial charge is 0.252 e. The zero-order valence-corrected chi connectivity index (χ0v) is 10.5. The molecule has 0 aromatic heterocycles. The number of ether oxygens (including phenoxy) is 1. The Bertz CT molecular complexity index is 230. The Balaban J connectivity index is 2.45. The quantitative estimate of drug-likeness (QED) is 0.762. The van der Waals surface area contributed by atoms with Gasteiger partial charge in [-0.15, -0.1) is 0 Å². The van der Waals surface area contributed by atoms with Crippen LogP contribution in [0.15, 0.2) is 0 Å². The van der Waals surface area contributed by atoms with Crippen molar-refractivity contribution in [1.82, 2.24) is 5.32 Å². The van der Waals surface area contributed by atoms with Gasteiger partial charge < -0.3 is 15.2 Å². The third kappa shape index (κ3) is 3.19. The molecular formula is C12H23NO3. The van der Waals surface area contributed by atoms with Gasteiger partial charge in [0, 0.05) is 13.2 Å². The number of carbonyl (C=O) groups excluding carboxylic acids is 1. The van der Waals surface area contributed by atoms with Gasteiger partial charge >= 0.3 is 0 Å². The molecule has 1 unspecified atom stereocenters. The second kappa shape index (κ2) is 5.64. The molecule has 0 aliphatic heterocycles. The van der Waals surface area contributed by atoms with Crippen LogP contribution in [0.5, 0.6) is 0 Å². The van der Waals surface area contributed by atoms with Crippen molar-refractivity contribution in [1.29, 1.82) is 0 Å². The fraction of sp³-hybridized carbons (Fsp3) is 0.917. The fourth-order valence-corrected chi connectivity index (χ4v) is 1.96. The van der Waals surface area contributed by atoms with Gasteiger partial charge in [-0.05, 0) is 39.0 Å². The van der Waals surface area contributed by atoms with Crippen LogP contribution in [-0.2, 0) is 9.53 Å². The third-order valence-electron chi connectivity index (χ3n) is 3.64. The number of hydrogen-bond acceptors (Lipinski definition) is 3. The molecule has 1 fully saturated rings. The number of amides is 1. The molecule has 4 heteroatoms. The molecule has 1 atom stereocenters. The van der Waals surface area contributed by atoms with Crippen molar-refractivity contribution in [3.05, 3.63) is 0 Å². The Labute approximate surface area is 97.4 Å². The van der Waals surface area contributed by atoms with Crippen LogP contribution in [0.4, 0.5) is 0 Å². The van der Waals surface area contributed by atoms with E-state index in [2.05, 4.69) is 5.32 Å². The van der Waals surface area contributed by atoms with Gasteiger partial charge in [0.05, 0.1) is 6.10 Å². The maximum Gasteiger partial charge on any atom is 0.252 e. The monoisotopic (exact) mass is 229 g/mol. The molecule has 0 bridgehead atoms. The molecule has 0 spiro atoms. The first-order chi connectivity index (χ1) is 7.51. The predicted molar refractivity (Wildman–Crippen MR) is 62.1 cm³/mol. The number of rotatable bonds is 4. The number of carbonyl (C=O) groups is 1. The lowest BCUT2D eigenvalue weighted by Gasteiger charge is -2.31. The normalized spacial score (nSPS) is 29.5. The highest BCUT2D eigenvalue weighted by Gasteiger charge is 2.33. The fourth-order valence-electron chi connectivity index (χ4n) is 1.96. The van der Waals surface area contributed by atoms with Gasteiger partial charge in [-0.3, -0.25) is 4.79 Å². The van der Waals surface area contributed by atoms with Crippen molar-refractivity contribution >= 4 is 5.91 Å². The standard InChI is InChI=1S/C12H23NO3/c1-4-12(2,16-3)11(15)13-9-5-7-10(14)8-6-9/h9-10,14H,4-8H2,1-3H3,(H,13,15). The van der Waals surface area contributed by atoms with Crippen LogP contribution < -0.4 is 5.32 Å². The minimum atomic E-state index is -0.726. The predicted octanol–water partition coefficient (Wildman–Crippen LogP) is 1.22. The summed E-state index contributed by atoms with van der Waals surface area (Å²) < 4.78 is 5.25. The van der Waals surface area contributed by atoms with Crippen LogP contribution >= 0.6 is 0 Å². The molecule has 0 saturated heterocycles. The minimum Gasteiger partial charge on any atom is -0.393 e.